The summed E-state index contributed by atoms with van der Waals surface area (Å²) in [6.45, 7) is 0. The Hall–Kier alpha value is 0.650. The average molecular weight is 318 g/mol. The fourth-order valence-corrected chi connectivity index (χ4v) is 1.27. The van der Waals surface area contributed by atoms with Crippen molar-refractivity contribution < 1.29 is 0 Å². The van der Waals surface area contributed by atoms with Gasteiger partial charge >= 0.3 is 0 Å². The minimum absolute atomic E-state index is 0.516. The van der Waals surface area contributed by atoms with Gasteiger partial charge in [0.05, 0.1) is 0 Å². The molecule has 0 bridgehead atoms. The molecule has 0 saturated carbocycles. The molecule has 1 nitrogen and oxygen atoms in total. The van der Waals surface area contributed by atoms with Crippen LogP contribution in [0.25, 0.3) is 0 Å². The molecule has 1 rings (SSSR count). The monoisotopic (exact) mass is 317 g/mol. The van der Waals surface area contributed by atoms with Gasteiger partial charge in [0, 0.05) is 3.57 Å². The molecule has 0 aliphatic heterocycles. The second-order valence-corrected chi connectivity index (χ2v) is 3.71. The van der Waals surface area contributed by atoms with E-state index in [9.17, 15) is 0 Å². The number of aromatic nitrogens is 1. The summed E-state index contributed by atoms with van der Waals surface area (Å²) in [5, 5.41) is 0.516. The molecule has 1 aromatic rings. The lowest BCUT2D eigenvalue weighted by Crippen LogP contribution is -1.79. The Morgan fingerprint density at radius 3 is 2.67 bits per heavy atom. The number of halogens is 3. The summed E-state index contributed by atoms with van der Waals surface area (Å²) >= 11 is 11.0. The highest BCUT2D eigenvalue weighted by Gasteiger charge is 1.95. The van der Waals surface area contributed by atoms with E-state index in [-0.39, 0.29) is 0 Å². The summed E-state index contributed by atoms with van der Waals surface area (Å²) in [5.74, 6) is 0. The van der Waals surface area contributed by atoms with Gasteiger partial charge in [-0.2, -0.15) is 0 Å². The van der Waals surface area contributed by atoms with E-state index in [1.807, 2.05) is 6.07 Å². The standard InChI is InChI=1S/C5H2BrClIN/c6-5-3(8)1-2-4(7)9-5/h1-2H. The van der Waals surface area contributed by atoms with Crippen molar-refractivity contribution >= 4 is 50.1 Å². The van der Waals surface area contributed by atoms with Gasteiger partial charge in [0.1, 0.15) is 9.76 Å². The predicted molar refractivity (Wildman–Crippen MR) is 49.7 cm³/mol. The zero-order chi connectivity index (χ0) is 6.85. The minimum Gasteiger partial charge on any atom is -0.228 e. The Bertz CT molecular complexity index is 228. The van der Waals surface area contributed by atoms with Crippen LogP contribution in [0.1, 0.15) is 0 Å². The molecule has 0 aromatic carbocycles. The molecule has 48 valence electrons. The van der Waals surface area contributed by atoms with E-state index in [1.54, 1.807) is 6.07 Å². The molecular weight excluding hydrogens is 316 g/mol. The maximum Gasteiger partial charge on any atom is 0.130 e. The van der Waals surface area contributed by atoms with Crippen LogP contribution in [-0.4, -0.2) is 4.98 Å². The van der Waals surface area contributed by atoms with Crippen LogP contribution in [0.4, 0.5) is 0 Å². The van der Waals surface area contributed by atoms with Crippen LogP contribution < -0.4 is 0 Å². The zero-order valence-corrected chi connectivity index (χ0v) is 8.74. The van der Waals surface area contributed by atoms with E-state index in [4.69, 9.17) is 11.6 Å². The van der Waals surface area contributed by atoms with Crippen molar-refractivity contribution in [3.8, 4) is 0 Å². The predicted octanol–water partition coefficient (Wildman–Crippen LogP) is 3.10. The number of hydrogen-bond acceptors (Lipinski definition) is 1. The third kappa shape index (κ3) is 2.05. The molecule has 0 N–H and O–H groups in total. The molecule has 1 heterocycles. The summed E-state index contributed by atoms with van der Waals surface area (Å²) in [7, 11) is 0. The molecule has 4 heteroatoms. The molecule has 0 atom stereocenters. The second-order valence-electron chi connectivity index (χ2n) is 1.41. The lowest BCUT2D eigenvalue weighted by molar-refractivity contribution is 1.25. The first kappa shape index (κ1) is 7.75. The molecular formula is C5H2BrClIN. The van der Waals surface area contributed by atoms with Gasteiger partial charge in [0.2, 0.25) is 0 Å². The highest BCUT2D eigenvalue weighted by molar-refractivity contribution is 14.1. The largest absolute Gasteiger partial charge is 0.228 e. The van der Waals surface area contributed by atoms with Crippen molar-refractivity contribution in [1.82, 2.24) is 4.98 Å². The van der Waals surface area contributed by atoms with Gasteiger partial charge in [-0.3, -0.25) is 0 Å². The van der Waals surface area contributed by atoms with E-state index >= 15 is 0 Å². The summed E-state index contributed by atoms with van der Waals surface area (Å²) < 4.78 is 1.87. The molecule has 0 aliphatic rings. The number of hydrogen-bond donors (Lipinski definition) is 0. The SMILES string of the molecule is Clc1ccc(I)c(Br)n1. The lowest BCUT2D eigenvalue weighted by Gasteiger charge is -1.92. The van der Waals surface area contributed by atoms with Crippen LogP contribution in [0.5, 0.6) is 0 Å². The number of rotatable bonds is 0. The Morgan fingerprint density at radius 1 is 1.56 bits per heavy atom. The maximum absolute atomic E-state index is 5.57. The van der Waals surface area contributed by atoms with Crippen molar-refractivity contribution in [3.63, 3.8) is 0 Å². The average Bonchev–Trinajstić information content (AvgIpc) is 1.80. The van der Waals surface area contributed by atoms with E-state index in [1.165, 1.54) is 0 Å². The molecule has 0 radical (unpaired) electrons. The van der Waals surface area contributed by atoms with Crippen molar-refractivity contribution in [2.75, 3.05) is 0 Å². The third-order valence-electron chi connectivity index (χ3n) is 0.769. The normalized spacial score (nSPS) is 9.67. The van der Waals surface area contributed by atoms with Crippen LogP contribution in [-0.2, 0) is 0 Å². The van der Waals surface area contributed by atoms with E-state index in [0.717, 1.165) is 8.17 Å². The van der Waals surface area contributed by atoms with Crippen LogP contribution in [0.3, 0.4) is 0 Å². The van der Waals surface area contributed by atoms with Crippen LogP contribution >= 0.6 is 50.1 Å². The molecule has 0 saturated heterocycles. The molecule has 0 amide bonds. The summed E-state index contributed by atoms with van der Waals surface area (Å²) in [4.78, 5) is 3.95. The van der Waals surface area contributed by atoms with Crippen LogP contribution in [0, 0.1) is 3.57 Å². The van der Waals surface area contributed by atoms with Crippen LogP contribution in [0.2, 0.25) is 5.15 Å². The van der Waals surface area contributed by atoms with Gasteiger partial charge in [0.15, 0.2) is 0 Å². The van der Waals surface area contributed by atoms with Gasteiger partial charge in [-0.05, 0) is 50.7 Å². The molecule has 0 aliphatic carbocycles. The smallest absolute Gasteiger partial charge is 0.130 e. The fraction of sp³-hybridized carbons (Fsp3) is 0. The Morgan fingerprint density at radius 2 is 2.22 bits per heavy atom. The second kappa shape index (κ2) is 3.16. The van der Waals surface area contributed by atoms with Crippen molar-refractivity contribution in [2.24, 2.45) is 0 Å². The molecule has 0 spiro atoms. The lowest BCUT2D eigenvalue weighted by atomic mass is 10.5. The van der Waals surface area contributed by atoms with Crippen molar-refractivity contribution in [3.05, 3.63) is 25.5 Å². The Kier molecular flexibility index (Phi) is 2.73. The van der Waals surface area contributed by atoms with Gasteiger partial charge < -0.3 is 0 Å². The number of nitrogens with zero attached hydrogens (tertiary/aromatic N) is 1. The van der Waals surface area contributed by atoms with Crippen molar-refractivity contribution in [2.45, 2.75) is 0 Å². The topological polar surface area (TPSA) is 12.9 Å². The fourth-order valence-electron chi connectivity index (χ4n) is 0.395. The summed E-state index contributed by atoms with van der Waals surface area (Å²) in [5.41, 5.74) is 0. The first-order valence-electron chi connectivity index (χ1n) is 2.17. The summed E-state index contributed by atoms with van der Waals surface area (Å²) in [6, 6.07) is 3.66. The molecule has 1 aromatic heterocycles. The van der Waals surface area contributed by atoms with Gasteiger partial charge in [-0.15, -0.1) is 0 Å². The molecule has 0 fully saturated rings. The zero-order valence-electron chi connectivity index (χ0n) is 4.24. The Labute approximate surface area is 80.1 Å². The first-order valence-corrected chi connectivity index (χ1v) is 4.42. The van der Waals surface area contributed by atoms with Gasteiger partial charge in [-0.25, -0.2) is 4.98 Å². The highest BCUT2D eigenvalue weighted by Crippen LogP contribution is 2.18. The number of pyridine rings is 1. The first-order chi connectivity index (χ1) is 4.20. The molecule has 9 heavy (non-hydrogen) atoms. The van der Waals surface area contributed by atoms with Gasteiger partial charge in [0.25, 0.3) is 0 Å². The third-order valence-corrected chi connectivity index (χ3v) is 3.20. The summed E-state index contributed by atoms with van der Waals surface area (Å²) in [6.07, 6.45) is 0. The van der Waals surface area contributed by atoms with Gasteiger partial charge in [-0.1, -0.05) is 11.6 Å². The minimum atomic E-state index is 0.516. The van der Waals surface area contributed by atoms with Crippen LogP contribution in [0.15, 0.2) is 16.7 Å². The van der Waals surface area contributed by atoms with E-state index in [2.05, 4.69) is 43.5 Å². The van der Waals surface area contributed by atoms with E-state index in [0.29, 0.717) is 5.15 Å². The Balaban J connectivity index is 3.17. The highest BCUT2D eigenvalue weighted by atomic mass is 127. The molecule has 0 unspecified atom stereocenters. The maximum atomic E-state index is 5.57. The van der Waals surface area contributed by atoms with E-state index < -0.39 is 0 Å². The van der Waals surface area contributed by atoms with Crippen molar-refractivity contribution in [1.29, 1.82) is 0 Å². The quantitative estimate of drug-likeness (QED) is 0.529.